The molecule has 0 saturated carbocycles. The van der Waals surface area contributed by atoms with Crippen LogP contribution in [-0.4, -0.2) is 4.98 Å². The first-order chi connectivity index (χ1) is 7.29. The highest BCUT2D eigenvalue weighted by Gasteiger charge is 2.28. The Hall–Kier alpha value is -0.850. The van der Waals surface area contributed by atoms with Crippen molar-refractivity contribution >= 4 is 0 Å². The Bertz CT molecular complexity index is 345. The Balaban J connectivity index is 3.23. The second kappa shape index (κ2) is 4.57. The van der Waals surface area contributed by atoms with Crippen LogP contribution < -0.4 is 0 Å². The van der Waals surface area contributed by atoms with Gasteiger partial charge in [0.05, 0.1) is 0 Å². The van der Waals surface area contributed by atoms with Crippen LogP contribution in [0.1, 0.15) is 65.6 Å². The highest BCUT2D eigenvalue weighted by molar-refractivity contribution is 5.32. The van der Waals surface area contributed by atoms with Crippen molar-refractivity contribution in [2.75, 3.05) is 0 Å². The lowest BCUT2D eigenvalue weighted by atomic mass is 9.75. The van der Waals surface area contributed by atoms with Crippen molar-refractivity contribution in [3.63, 3.8) is 0 Å². The normalized spacial score (nSPS) is 12.9. The smallest absolute Gasteiger partial charge is 0.0497 e. The molecule has 1 nitrogen and oxygen atoms in total. The van der Waals surface area contributed by atoms with E-state index >= 15 is 0 Å². The SMILES string of the molecule is CCCC(C)(C)c1ncccc1C(C)(C)C. The zero-order chi connectivity index (χ0) is 12.4. The van der Waals surface area contributed by atoms with Gasteiger partial charge in [-0.1, -0.05) is 54.0 Å². The monoisotopic (exact) mass is 219 g/mol. The summed E-state index contributed by atoms with van der Waals surface area (Å²) in [5.74, 6) is 0. The van der Waals surface area contributed by atoms with E-state index in [1.807, 2.05) is 12.3 Å². The minimum Gasteiger partial charge on any atom is -0.260 e. The van der Waals surface area contributed by atoms with Gasteiger partial charge < -0.3 is 0 Å². The van der Waals surface area contributed by atoms with Gasteiger partial charge in [0.2, 0.25) is 0 Å². The number of hydrogen-bond acceptors (Lipinski definition) is 1. The second-order valence-electron chi connectivity index (χ2n) is 6.28. The van der Waals surface area contributed by atoms with Gasteiger partial charge in [0, 0.05) is 17.3 Å². The lowest BCUT2D eigenvalue weighted by molar-refractivity contribution is 0.440. The molecule has 1 aromatic rings. The molecule has 0 atom stereocenters. The molecule has 1 aromatic heterocycles. The van der Waals surface area contributed by atoms with Crippen molar-refractivity contribution < 1.29 is 0 Å². The number of nitrogens with zero attached hydrogens (tertiary/aromatic N) is 1. The molecule has 1 heteroatoms. The van der Waals surface area contributed by atoms with Gasteiger partial charge in [-0.25, -0.2) is 0 Å². The zero-order valence-corrected chi connectivity index (χ0v) is 11.6. The van der Waals surface area contributed by atoms with Crippen LogP contribution in [0, 0.1) is 0 Å². The van der Waals surface area contributed by atoms with Crippen LogP contribution in [0.4, 0.5) is 0 Å². The lowest BCUT2D eigenvalue weighted by Crippen LogP contribution is -2.25. The molecule has 1 rings (SSSR count). The van der Waals surface area contributed by atoms with Gasteiger partial charge in [0.25, 0.3) is 0 Å². The Labute approximate surface area is 100 Å². The summed E-state index contributed by atoms with van der Waals surface area (Å²) in [5, 5.41) is 0. The summed E-state index contributed by atoms with van der Waals surface area (Å²) in [4.78, 5) is 4.64. The third-order valence-electron chi connectivity index (χ3n) is 3.13. The van der Waals surface area contributed by atoms with Crippen molar-refractivity contribution in [1.29, 1.82) is 0 Å². The quantitative estimate of drug-likeness (QED) is 0.731. The third kappa shape index (κ3) is 2.84. The minimum atomic E-state index is 0.175. The average Bonchev–Trinajstić information content (AvgIpc) is 2.16. The fourth-order valence-corrected chi connectivity index (χ4v) is 2.29. The molecule has 16 heavy (non-hydrogen) atoms. The van der Waals surface area contributed by atoms with Crippen molar-refractivity contribution in [2.24, 2.45) is 0 Å². The van der Waals surface area contributed by atoms with Crippen LogP contribution in [0.25, 0.3) is 0 Å². The predicted octanol–water partition coefficient (Wildman–Crippen LogP) is 4.46. The highest BCUT2D eigenvalue weighted by atomic mass is 14.7. The summed E-state index contributed by atoms with van der Waals surface area (Å²) in [6.07, 6.45) is 4.31. The van der Waals surface area contributed by atoms with Gasteiger partial charge in [-0.3, -0.25) is 4.98 Å². The van der Waals surface area contributed by atoms with Crippen LogP contribution in [0.15, 0.2) is 18.3 Å². The van der Waals surface area contributed by atoms with Gasteiger partial charge in [-0.15, -0.1) is 0 Å². The van der Waals surface area contributed by atoms with E-state index in [2.05, 4.69) is 52.6 Å². The Morgan fingerprint density at radius 2 is 1.75 bits per heavy atom. The number of pyridine rings is 1. The van der Waals surface area contributed by atoms with Crippen molar-refractivity contribution in [3.8, 4) is 0 Å². The average molecular weight is 219 g/mol. The van der Waals surface area contributed by atoms with E-state index in [1.54, 1.807) is 0 Å². The van der Waals surface area contributed by atoms with E-state index in [4.69, 9.17) is 0 Å². The molecule has 0 bridgehead atoms. The lowest BCUT2D eigenvalue weighted by Gasteiger charge is -2.31. The van der Waals surface area contributed by atoms with Crippen molar-refractivity contribution in [2.45, 2.75) is 65.2 Å². The molecular formula is C15H25N. The van der Waals surface area contributed by atoms with E-state index in [0.717, 1.165) is 0 Å². The fraction of sp³-hybridized carbons (Fsp3) is 0.667. The fourth-order valence-electron chi connectivity index (χ4n) is 2.29. The molecule has 0 saturated heterocycles. The minimum absolute atomic E-state index is 0.175. The van der Waals surface area contributed by atoms with Crippen LogP contribution in [0.2, 0.25) is 0 Å². The molecule has 0 radical (unpaired) electrons. The molecule has 0 fully saturated rings. The van der Waals surface area contributed by atoms with Crippen molar-refractivity contribution in [3.05, 3.63) is 29.6 Å². The van der Waals surface area contributed by atoms with Gasteiger partial charge in [-0.05, 0) is 23.5 Å². The van der Waals surface area contributed by atoms with E-state index in [9.17, 15) is 0 Å². The Kier molecular flexibility index (Phi) is 3.77. The number of hydrogen-bond donors (Lipinski definition) is 0. The van der Waals surface area contributed by atoms with Crippen molar-refractivity contribution in [1.82, 2.24) is 4.98 Å². The van der Waals surface area contributed by atoms with Crippen LogP contribution in [-0.2, 0) is 10.8 Å². The van der Waals surface area contributed by atoms with Gasteiger partial charge in [-0.2, -0.15) is 0 Å². The molecule has 0 aliphatic rings. The molecule has 0 amide bonds. The third-order valence-corrected chi connectivity index (χ3v) is 3.13. The summed E-state index contributed by atoms with van der Waals surface area (Å²) < 4.78 is 0. The largest absolute Gasteiger partial charge is 0.260 e. The van der Waals surface area contributed by atoms with Crippen LogP contribution in [0.3, 0.4) is 0 Å². The topological polar surface area (TPSA) is 12.9 Å². The molecule has 90 valence electrons. The standard InChI is InChI=1S/C15H25N/c1-7-10-15(5,6)13-12(14(2,3)4)9-8-11-16-13/h8-9,11H,7,10H2,1-6H3. The molecular weight excluding hydrogens is 194 g/mol. The maximum absolute atomic E-state index is 4.64. The van der Waals surface area contributed by atoms with E-state index in [0.29, 0.717) is 0 Å². The maximum Gasteiger partial charge on any atom is 0.0497 e. The first kappa shape index (κ1) is 13.2. The summed E-state index contributed by atoms with van der Waals surface area (Å²) in [6.45, 7) is 13.6. The first-order valence-corrected chi connectivity index (χ1v) is 6.25. The molecule has 1 heterocycles. The molecule has 0 aliphatic carbocycles. The molecule has 0 aromatic carbocycles. The van der Waals surface area contributed by atoms with E-state index < -0.39 is 0 Å². The molecule has 0 N–H and O–H groups in total. The molecule has 0 aliphatic heterocycles. The highest BCUT2D eigenvalue weighted by Crippen LogP contribution is 2.34. The second-order valence-corrected chi connectivity index (χ2v) is 6.28. The van der Waals surface area contributed by atoms with E-state index in [1.165, 1.54) is 24.1 Å². The first-order valence-electron chi connectivity index (χ1n) is 6.25. The summed E-state index contributed by atoms with van der Waals surface area (Å²) in [7, 11) is 0. The molecule has 0 spiro atoms. The Morgan fingerprint density at radius 3 is 2.25 bits per heavy atom. The van der Waals surface area contributed by atoms with Gasteiger partial charge in [0.15, 0.2) is 0 Å². The predicted molar refractivity (Wildman–Crippen MR) is 70.9 cm³/mol. The summed E-state index contributed by atoms with van der Waals surface area (Å²) >= 11 is 0. The summed E-state index contributed by atoms with van der Waals surface area (Å²) in [5.41, 5.74) is 3.01. The van der Waals surface area contributed by atoms with Crippen LogP contribution in [0.5, 0.6) is 0 Å². The number of rotatable bonds is 3. The summed E-state index contributed by atoms with van der Waals surface area (Å²) in [6, 6.07) is 4.27. The van der Waals surface area contributed by atoms with Gasteiger partial charge in [0.1, 0.15) is 0 Å². The number of aromatic nitrogens is 1. The van der Waals surface area contributed by atoms with E-state index in [-0.39, 0.29) is 10.8 Å². The maximum atomic E-state index is 4.64. The van der Waals surface area contributed by atoms with Crippen LogP contribution >= 0.6 is 0 Å². The van der Waals surface area contributed by atoms with Gasteiger partial charge >= 0.3 is 0 Å². The molecule has 0 unspecified atom stereocenters. The zero-order valence-electron chi connectivity index (χ0n) is 11.6. The Morgan fingerprint density at radius 1 is 1.12 bits per heavy atom.